The second-order valence-corrected chi connectivity index (χ2v) is 8.12. The Kier molecular flexibility index (Phi) is 5.55. The third-order valence-corrected chi connectivity index (χ3v) is 4.91. The Balaban J connectivity index is 1.62. The van der Waals surface area contributed by atoms with Gasteiger partial charge in [-0.3, -0.25) is 4.79 Å². The van der Waals surface area contributed by atoms with Crippen molar-refractivity contribution >= 4 is 17.7 Å². The maximum Gasteiger partial charge on any atom is 0.251 e. The molecular formula is C19H23N5O2S. The van der Waals surface area contributed by atoms with Crippen molar-refractivity contribution in [2.24, 2.45) is 0 Å². The maximum atomic E-state index is 12.3. The molecule has 7 nitrogen and oxygen atoms in total. The van der Waals surface area contributed by atoms with E-state index in [1.807, 2.05) is 45.0 Å². The van der Waals surface area contributed by atoms with Gasteiger partial charge in [0.2, 0.25) is 5.16 Å². The summed E-state index contributed by atoms with van der Waals surface area (Å²) < 4.78 is 6.76. The van der Waals surface area contributed by atoms with Gasteiger partial charge in [-0.05, 0) is 29.8 Å². The summed E-state index contributed by atoms with van der Waals surface area (Å²) >= 11 is 1.49. The van der Waals surface area contributed by atoms with E-state index < -0.39 is 0 Å². The van der Waals surface area contributed by atoms with Crippen LogP contribution in [0, 0.1) is 0 Å². The highest BCUT2D eigenvalue weighted by molar-refractivity contribution is 7.98. The largest absolute Gasteiger partial charge is 0.467 e. The van der Waals surface area contributed by atoms with Crippen molar-refractivity contribution in [3.8, 4) is 0 Å². The number of carbonyl (C=O) groups excluding carboxylic acids is 1. The van der Waals surface area contributed by atoms with Crippen LogP contribution in [0.4, 0.5) is 0 Å². The molecule has 3 aromatic rings. The topological polar surface area (TPSA) is 99.0 Å². The number of rotatable bonds is 6. The van der Waals surface area contributed by atoms with E-state index in [1.54, 1.807) is 18.4 Å². The second kappa shape index (κ2) is 7.87. The van der Waals surface area contributed by atoms with Crippen LogP contribution in [0.15, 0.2) is 52.2 Å². The SMILES string of the molecule is CC(C)(C)c1nnc(SCc2cccc(C(=O)NCc3ccco3)c2)n1N. The molecule has 142 valence electrons. The van der Waals surface area contributed by atoms with Crippen LogP contribution in [0.3, 0.4) is 0 Å². The lowest BCUT2D eigenvalue weighted by molar-refractivity contribution is 0.0948. The molecule has 8 heteroatoms. The van der Waals surface area contributed by atoms with Crippen molar-refractivity contribution in [2.45, 2.75) is 43.6 Å². The van der Waals surface area contributed by atoms with Crippen LogP contribution >= 0.6 is 11.8 Å². The Labute approximate surface area is 162 Å². The number of nitrogens with zero attached hydrogens (tertiary/aromatic N) is 3. The number of nitrogens with two attached hydrogens (primary N) is 1. The Morgan fingerprint density at radius 1 is 1.26 bits per heavy atom. The lowest BCUT2D eigenvalue weighted by atomic mass is 9.96. The molecule has 2 heterocycles. The zero-order chi connectivity index (χ0) is 19.4. The molecule has 1 amide bonds. The molecule has 2 aromatic heterocycles. The molecule has 0 bridgehead atoms. The van der Waals surface area contributed by atoms with Crippen LogP contribution in [0.1, 0.15) is 48.3 Å². The van der Waals surface area contributed by atoms with E-state index in [4.69, 9.17) is 10.3 Å². The summed E-state index contributed by atoms with van der Waals surface area (Å²) in [6.45, 7) is 6.48. The maximum absolute atomic E-state index is 12.3. The number of nitrogens with one attached hydrogen (secondary N) is 1. The lowest BCUT2D eigenvalue weighted by Gasteiger charge is -2.16. The molecule has 0 aliphatic heterocycles. The van der Waals surface area contributed by atoms with Gasteiger partial charge in [0, 0.05) is 16.7 Å². The fourth-order valence-electron chi connectivity index (χ4n) is 2.52. The number of hydrogen-bond donors (Lipinski definition) is 2. The van der Waals surface area contributed by atoms with Gasteiger partial charge in [0.1, 0.15) is 5.76 Å². The van der Waals surface area contributed by atoms with E-state index in [0.717, 1.165) is 11.4 Å². The molecule has 0 saturated heterocycles. The minimum absolute atomic E-state index is 0.143. The molecule has 0 fully saturated rings. The average Bonchev–Trinajstić information content (AvgIpc) is 3.27. The van der Waals surface area contributed by atoms with Gasteiger partial charge < -0.3 is 15.6 Å². The van der Waals surface area contributed by atoms with Crippen LogP contribution < -0.4 is 11.2 Å². The summed E-state index contributed by atoms with van der Waals surface area (Å²) in [4.78, 5) is 12.3. The van der Waals surface area contributed by atoms with Crippen LogP contribution in [0.5, 0.6) is 0 Å². The standard InChI is InChI=1S/C19H23N5O2S/c1-19(2,3)17-22-23-18(24(17)20)27-12-13-6-4-7-14(10-13)16(25)21-11-15-8-5-9-26-15/h4-10H,11-12,20H2,1-3H3,(H,21,25). The zero-order valence-corrected chi connectivity index (χ0v) is 16.4. The first-order valence-electron chi connectivity index (χ1n) is 8.58. The highest BCUT2D eigenvalue weighted by Crippen LogP contribution is 2.25. The Bertz CT molecular complexity index is 913. The number of furan rings is 1. The van der Waals surface area contributed by atoms with Crippen LogP contribution in [0.2, 0.25) is 0 Å². The van der Waals surface area contributed by atoms with Crippen molar-refractivity contribution in [3.05, 3.63) is 65.4 Å². The number of amides is 1. The molecule has 0 saturated carbocycles. The van der Waals surface area contributed by atoms with Crippen molar-refractivity contribution in [1.29, 1.82) is 0 Å². The third-order valence-electron chi connectivity index (χ3n) is 3.90. The van der Waals surface area contributed by atoms with Crippen LogP contribution in [-0.2, 0) is 17.7 Å². The number of nitrogen functional groups attached to an aromatic ring is 1. The van der Waals surface area contributed by atoms with E-state index >= 15 is 0 Å². The predicted molar refractivity (Wildman–Crippen MR) is 105 cm³/mol. The first kappa shape index (κ1) is 19.0. The van der Waals surface area contributed by atoms with Crippen LogP contribution in [0.25, 0.3) is 0 Å². The summed E-state index contributed by atoms with van der Waals surface area (Å²) in [5.74, 6) is 8.06. The molecule has 1 aromatic carbocycles. The molecule has 0 aliphatic carbocycles. The van der Waals surface area contributed by atoms with E-state index in [1.165, 1.54) is 16.4 Å². The monoisotopic (exact) mass is 385 g/mol. The van der Waals surface area contributed by atoms with Crippen LogP contribution in [-0.4, -0.2) is 20.8 Å². The molecule has 3 N–H and O–H groups in total. The summed E-state index contributed by atoms with van der Waals surface area (Å²) in [6, 6.07) is 11.1. The molecule has 27 heavy (non-hydrogen) atoms. The van der Waals surface area contributed by atoms with Crippen molar-refractivity contribution in [3.63, 3.8) is 0 Å². The third kappa shape index (κ3) is 4.71. The number of hydrogen-bond acceptors (Lipinski definition) is 6. The van der Waals surface area contributed by atoms with Gasteiger partial charge in [-0.25, -0.2) is 4.68 Å². The Morgan fingerprint density at radius 3 is 2.74 bits per heavy atom. The van der Waals surface area contributed by atoms with E-state index in [-0.39, 0.29) is 11.3 Å². The van der Waals surface area contributed by atoms with Gasteiger partial charge in [0.15, 0.2) is 5.82 Å². The van der Waals surface area contributed by atoms with E-state index in [9.17, 15) is 4.79 Å². The second-order valence-electron chi connectivity index (χ2n) is 7.18. The lowest BCUT2D eigenvalue weighted by Crippen LogP contribution is -2.24. The first-order valence-corrected chi connectivity index (χ1v) is 9.56. The van der Waals surface area contributed by atoms with Gasteiger partial charge in [0.25, 0.3) is 5.91 Å². The number of benzene rings is 1. The number of carbonyl (C=O) groups is 1. The van der Waals surface area contributed by atoms with Gasteiger partial charge in [-0.15, -0.1) is 10.2 Å². The van der Waals surface area contributed by atoms with Crippen molar-refractivity contribution in [1.82, 2.24) is 20.2 Å². The van der Waals surface area contributed by atoms with Crippen molar-refractivity contribution in [2.75, 3.05) is 5.84 Å². The summed E-state index contributed by atoms with van der Waals surface area (Å²) in [5, 5.41) is 11.9. The predicted octanol–water partition coefficient (Wildman–Crippen LogP) is 3.10. The van der Waals surface area contributed by atoms with E-state index in [0.29, 0.717) is 28.8 Å². The Morgan fingerprint density at radius 2 is 2.07 bits per heavy atom. The molecule has 0 radical (unpaired) electrons. The highest BCUT2D eigenvalue weighted by atomic mass is 32.2. The van der Waals surface area contributed by atoms with Crippen molar-refractivity contribution < 1.29 is 9.21 Å². The zero-order valence-electron chi connectivity index (χ0n) is 15.6. The van der Waals surface area contributed by atoms with Gasteiger partial charge in [0.05, 0.1) is 12.8 Å². The molecule has 0 spiro atoms. The first-order chi connectivity index (χ1) is 12.8. The molecule has 3 rings (SSSR count). The normalized spacial score (nSPS) is 11.5. The molecule has 0 atom stereocenters. The average molecular weight is 385 g/mol. The summed E-state index contributed by atoms with van der Waals surface area (Å²) in [6.07, 6.45) is 1.58. The summed E-state index contributed by atoms with van der Waals surface area (Å²) in [5.41, 5.74) is 1.43. The van der Waals surface area contributed by atoms with Gasteiger partial charge in [-0.1, -0.05) is 44.7 Å². The number of thioether (sulfide) groups is 1. The molecular weight excluding hydrogens is 362 g/mol. The minimum Gasteiger partial charge on any atom is -0.467 e. The molecule has 0 unspecified atom stereocenters. The molecule has 0 aliphatic rings. The quantitative estimate of drug-likeness (QED) is 0.500. The van der Waals surface area contributed by atoms with E-state index in [2.05, 4.69) is 15.5 Å². The fraction of sp³-hybridized carbons (Fsp3) is 0.316. The minimum atomic E-state index is -0.174. The summed E-state index contributed by atoms with van der Waals surface area (Å²) in [7, 11) is 0. The van der Waals surface area contributed by atoms with Gasteiger partial charge >= 0.3 is 0 Å². The smallest absolute Gasteiger partial charge is 0.251 e. The number of aromatic nitrogens is 3. The highest BCUT2D eigenvalue weighted by Gasteiger charge is 2.23. The fourth-order valence-corrected chi connectivity index (χ4v) is 3.32. The van der Waals surface area contributed by atoms with Gasteiger partial charge in [-0.2, -0.15) is 0 Å². The Hall–Kier alpha value is -2.74.